The van der Waals surface area contributed by atoms with Gasteiger partial charge < -0.3 is 14.4 Å². The minimum Gasteiger partial charge on any atom is -0.454 e. The van der Waals surface area contributed by atoms with E-state index in [0.29, 0.717) is 18.7 Å². The van der Waals surface area contributed by atoms with Crippen LogP contribution in [0.3, 0.4) is 0 Å². The Morgan fingerprint density at radius 1 is 1.07 bits per heavy atom. The first-order chi connectivity index (χ1) is 13.4. The van der Waals surface area contributed by atoms with E-state index in [0.717, 1.165) is 27.8 Å². The minimum absolute atomic E-state index is 0.0861. The van der Waals surface area contributed by atoms with Gasteiger partial charge in [0.1, 0.15) is 0 Å². The summed E-state index contributed by atoms with van der Waals surface area (Å²) in [5, 5.41) is 0. The molecule has 0 spiro atoms. The van der Waals surface area contributed by atoms with E-state index < -0.39 is 10.0 Å². The summed E-state index contributed by atoms with van der Waals surface area (Å²) >= 11 is 0. The van der Waals surface area contributed by atoms with Gasteiger partial charge in [-0.05, 0) is 48.4 Å². The molecule has 0 N–H and O–H groups in total. The zero-order chi connectivity index (χ0) is 19.9. The predicted molar refractivity (Wildman–Crippen MR) is 103 cm³/mol. The highest BCUT2D eigenvalue weighted by molar-refractivity contribution is 7.89. The first-order valence-corrected chi connectivity index (χ1v) is 10.5. The average Bonchev–Trinajstić information content (AvgIpc) is 3.36. The SMILES string of the molecule is CN(C)S(=O)(=O)c1ccc(C(=O)N2CCC(c3ccc4c(c3)OCO4)C2)cc1. The highest BCUT2D eigenvalue weighted by Gasteiger charge is 2.29. The van der Waals surface area contributed by atoms with Gasteiger partial charge in [0.15, 0.2) is 11.5 Å². The van der Waals surface area contributed by atoms with Gasteiger partial charge in [0.25, 0.3) is 5.91 Å². The summed E-state index contributed by atoms with van der Waals surface area (Å²) in [6, 6.07) is 12.0. The number of likely N-dealkylation sites (tertiary alicyclic amines) is 1. The normalized spacial score (nSPS) is 18.7. The van der Waals surface area contributed by atoms with E-state index in [4.69, 9.17) is 9.47 Å². The Kier molecular flexibility index (Phi) is 4.76. The van der Waals surface area contributed by atoms with Crippen molar-refractivity contribution in [3.05, 3.63) is 53.6 Å². The van der Waals surface area contributed by atoms with E-state index in [1.54, 1.807) is 12.1 Å². The molecule has 1 saturated heterocycles. The second-order valence-corrected chi connectivity index (χ2v) is 9.31. The molecule has 1 unspecified atom stereocenters. The Bertz CT molecular complexity index is 1000. The number of sulfonamides is 1. The Morgan fingerprint density at radius 3 is 2.50 bits per heavy atom. The van der Waals surface area contributed by atoms with Crippen LogP contribution in [0.15, 0.2) is 47.4 Å². The van der Waals surface area contributed by atoms with E-state index in [9.17, 15) is 13.2 Å². The first-order valence-electron chi connectivity index (χ1n) is 9.07. The Balaban J connectivity index is 1.46. The maximum absolute atomic E-state index is 12.8. The third-order valence-corrected chi connectivity index (χ3v) is 7.05. The molecule has 4 rings (SSSR count). The van der Waals surface area contributed by atoms with E-state index >= 15 is 0 Å². The summed E-state index contributed by atoms with van der Waals surface area (Å²) in [6.07, 6.45) is 0.873. The fourth-order valence-corrected chi connectivity index (χ4v) is 4.45. The summed E-state index contributed by atoms with van der Waals surface area (Å²) in [7, 11) is -0.540. The summed E-state index contributed by atoms with van der Waals surface area (Å²) in [6.45, 7) is 1.53. The van der Waals surface area contributed by atoms with Crippen molar-refractivity contribution >= 4 is 15.9 Å². The highest BCUT2D eigenvalue weighted by Crippen LogP contribution is 2.37. The van der Waals surface area contributed by atoms with Crippen molar-refractivity contribution in [1.29, 1.82) is 0 Å². The summed E-state index contributed by atoms with van der Waals surface area (Å²) in [5.74, 6) is 1.66. The summed E-state index contributed by atoms with van der Waals surface area (Å²) in [4.78, 5) is 14.8. The molecule has 2 aliphatic heterocycles. The van der Waals surface area contributed by atoms with Crippen LogP contribution in [-0.4, -0.2) is 57.5 Å². The van der Waals surface area contributed by atoms with Gasteiger partial charge in [0.05, 0.1) is 4.90 Å². The standard InChI is InChI=1S/C20H22N2O5S/c1-21(2)28(24,25)17-6-3-14(4-7-17)20(23)22-10-9-16(12-22)15-5-8-18-19(11-15)27-13-26-18/h3-8,11,16H,9-10,12-13H2,1-2H3. The van der Waals surface area contributed by atoms with Crippen LogP contribution in [-0.2, 0) is 10.0 Å². The lowest BCUT2D eigenvalue weighted by Crippen LogP contribution is -2.28. The highest BCUT2D eigenvalue weighted by atomic mass is 32.2. The number of ether oxygens (including phenoxy) is 2. The van der Waals surface area contributed by atoms with Crippen LogP contribution < -0.4 is 9.47 Å². The van der Waals surface area contributed by atoms with Crippen molar-refractivity contribution in [2.75, 3.05) is 34.0 Å². The van der Waals surface area contributed by atoms with Crippen LogP contribution in [0.5, 0.6) is 11.5 Å². The lowest BCUT2D eigenvalue weighted by atomic mass is 9.98. The lowest BCUT2D eigenvalue weighted by Gasteiger charge is -2.17. The molecular formula is C20H22N2O5S. The first kappa shape index (κ1) is 18.8. The molecule has 0 aliphatic carbocycles. The zero-order valence-corrected chi connectivity index (χ0v) is 16.6. The second-order valence-electron chi connectivity index (χ2n) is 7.16. The molecule has 2 aliphatic rings. The second kappa shape index (κ2) is 7.10. The van der Waals surface area contributed by atoms with Gasteiger partial charge in [-0.25, -0.2) is 12.7 Å². The van der Waals surface area contributed by atoms with Crippen molar-refractivity contribution in [1.82, 2.24) is 9.21 Å². The predicted octanol–water partition coefficient (Wildman–Crippen LogP) is 2.30. The molecule has 0 radical (unpaired) electrons. The van der Waals surface area contributed by atoms with Gasteiger partial charge in [-0.1, -0.05) is 6.07 Å². The number of carbonyl (C=O) groups is 1. The van der Waals surface area contributed by atoms with E-state index in [-0.39, 0.29) is 23.5 Å². The number of rotatable bonds is 4. The number of benzene rings is 2. The molecular weight excluding hydrogens is 380 g/mol. The van der Waals surface area contributed by atoms with Gasteiger partial charge in [-0.2, -0.15) is 0 Å². The monoisotopic (exact) mass is 402 g/mol. The van der Waals surface area contributed by atoms with E-state index in [1.165, 1.54) is 26.2 Å². The lowest BCUT2D eigenvalue weighted by molar-refractivity contribution is 0.0790. The molecule has 1 atom stereocenters. The molecule has 0 aromatic heterocycles. The molecule has 2 heterocycles. The zero-order valence-electron chi connectivity index (χ0n) is 15.8. The molecule has 2 aromatic carbocycles. The fourth-order valence-electron chi connectivity index (χ4n) is 3.55. The third kappa shape index (κ3) is 3.33. The van der Waals surface area contributed by atoms with Crippen molar-refractivity contribution in [2.45, 2.75) is 17.2 Å². The molecule has 28 heavy (non-hydrogen) atoms. The maximum Gasteiger partial charge on any atom is 0.253 e. The fraction of sp³-hybridized carbons (Fsp3) is 0.350. The van der Waals surface area contributed by atoms with Crippen LogP contribution in [0.2, 0.25) is 0 Å². The minimum atomic E-state index is -3.50. The number of amides is 1. The third-order valence-electron chi connectivity index (χ3n) is 5.22. The van der Waals surface area contributed by atoms with Crippen molar-refractivity contribution in [3.63, 3.8) is 0 Å². The smallest absolute Gasteiger partial charge is 0.253 e. The topological polar surface area (TPSA) is 76.2 Å². The Morgan fingerprint density at radius 2 is 1.79 bits per heavy atom. The summed E-state index contributed by atoms with van der Waals surface area (Å²) < 4.78 is 36.3. The molecule has 1 fully saturated rings. The number of hydrogen-bond donors (Lipinski definition) is 0. The van der Waals surface area contributed by atoms with Crippen LogP contribution in [0, 0.1) is 0 Å². The van der Waals surface area contributed by atoms with Crippen LogP contribution in [0.4, 0.5) is 0 Å². The number of fused-ring (bicyclic) bond motifs is 1. The Labute approximate surface area is 164 Å². The van der Waals surface area contributed by atoms with Crippen LogP contribution in [0.25, 0.3) is 0 Å². The molecule has 148 valence electrons. The van der Waals surface area contributed by atoms with Crippen LogP contribution >= 0.6 is 0 Å². The van der Waals surface area contributed by atoms with Gasteiger partial charge in [-0.15, -0.1) is 0 Å². The van der Waals surface area contributed by atoms with Gasteiger partial charge in [0, 0.05) is 38.7 Å². The van der Waals surface area contributed by atoms with Gasteiger partial charge in [0.2, 0.25) is 16.8 Å². The molecule has 7 nitrogen and oxygen atoms in total. The molecule has 8 heteroatoms. The van der Waals surface area contributed by atoms with Crippen molar-refractivity contribution in [3.8, 4) is 11.5 Å². The number of nitrogens with zero attached hydrogens (tertiary/aromatic N) is 2. The van der Waals surface area contributed by atoms with E-state index in [2.05, 4.69) is 0 Å². The molecule has 0 bridgehead atoms. The Hall–Kier alpha value is -2.58. The van der Waals surface area contributed by atoms with E-state index in [1.807, 2.05) is 23.1 Å². The number of hydrogen-bond acceptors (Lipinski definition) is 5. The van der Waals surface area contributed by atoms with Crippen molar-refractivity contribution in [2.24, 2.45) is 0 Å². The largest absolute Gasteiger partial charge is 0.454 e. The average molecular weight is 402 g/mol. The van der Waals surface area contributed by atoms with Crippen LogP contribution in [0.1, 0.15) is 28.3 Å². The maximum atomic E-state index is 12.8. The van der Waals surface area contributed by atoms with Crippen molar-refractivity contribution < 1.29 is 22.7 Å². The number of carbonyl (C=O) groups excluding carboxylic acids is 1. The molecule has 2 aromatic rings. The quantitative estimate of drug-likeness (QED) is 0.784. The summed E-state index contributed by atoms with van der Waals surface area (Å²) in [5.41, 5.74) is 1.62. The molecule has 0 saturated carbocycles. The van der Waals surface area contributed by atoms with Gasteiger partial charge in [-0.3, -0.25) is 4.79 Å². The van der Waals surface area contributed by atoms with Gasteiger partial charge >= 0.3 is 0 Å². The molecule has 1 amide bonds.